The Bertz CT molecular complexity index is 1180. The molecule has 0 aromatic heterocycles. The van der Waals surface area contributed by atoms with Crippen molar-refractivity contribution in [3.05, 3.63) is 100 Å². The summed E-state index contributed by atoms with van der Waals surface area (Å²) in [4.78, 5) is 20.3. The Morgan fingerprint density at radius 2 is 1.52 bits per heavy atom. The molecule has 5 nitrogen and oxygen atoms in total. The van der Waals surface area contributed by atoms with E-state index in [1.807, 2.05) is 45.0 Å². The van der Waals surface area contributed by atoms with Crippen LogP contribution in [0.2, 0.25) is 5.02 Å². The predicted octanol–water partition coefficient (Wildman–Crippen LogP) is 6.27. The summed E-state index contributed by atoms with van der Waals surface area (Å²) in [5.41, 5.74) is 0.290. The number of rotatable bonds is 3. The highest BCUT2D eigenvalue weighted by Gasteiger charge is 2.63. The van der Waals surface area contributed by atoms with E-state index in [1.165, 1.54) is 4.90 Å². The number of carbonyl (C=O) groups is 1. The number of carbonyl (C=O) groups excluding carboxylic acids is 1. The third-order valence-electron chi connectivity index (χ3n) is 5.87. The topological polar surface area (TPSA) is 48.1 Å². The third-order valence-corrected chi connectivity index (χ3v) is 6.13. The van der Waals surface area contributed by atoms with Crippen molar-refractivity contribution in [1.29, 1.82) is 0 Å². The molecule has 1 heterocycles. The summed E-state index contributed by atoms with van der Waals surface area (Å²) >= 11 is 6.07. The van der Waals surface area contributed by atoms with Crippen molar-refractivity contribution >= 4 is 34.7 Å². The number of aliphatic hydroxyl groups is 1. The molecule has 1 atom stereocenters. The van der Waals surface area contributed by atoms with E-state index in [0.717, 1.165) is 5.56 Å². The molecule has 4 rings (SSSR count). The molecular formula is C25H22ClN3O2. The van der Waals surface area contributed by atoms with Crippen molar-refractivity contribution in [1.82, 2.24) is 0 Å². The summed E-state index contributed by atoms with van der Waals surface area (Å²) in [6.07, 6.45) is 0. The molecule has 6 heteroatoms. The van der Waals surface area contributed by atoms with Gasteiger partial charge in [0.15, 0.2) is 11.4 Å². The first-order valence-corrected chi connectivity index (χ1v) is 10.2. The number of hydrogen-bond acceptors (Lipinski definition) is 2. The van der Waals surface area contributed by atoms with Crippen LogP contribution < -0.4 is 9.80 Å². The zero-order chi connectivity index (χ0) is 22.4. The van der Waals surface area contributed by atoms with E-state index >= 15 is 0 Å². The normalized spacial score (nSPS) is 20.1. The summed E-state index contributed by atoms with van der Waals surface area (Å²) in [5, 5.41) is 12.8. The molecule has 0 aliphatic carbocycles. The highest BCUT2D eigenvalue weighted by Crippen LogP contribution is 2.51. The van der Waals surface area contributed by atoms with Gasteiger partial charge >= 0.3 is 6.03 Å². The smallest absolute Gasteiger partial charge is 0.332 e. The first-order chi connectivity index (χ1) is 14.7. The molecule has 1 aliphatic heterocycles. The minimum Gasteiger partial charge on any atom is -0.365 e. The average molecular weight is 432 g/mol. The maximum atomic E-state index is 13.8. The van der Waals surface area contributed by atoms with Gasteiger partial charge in [0.2, 0.25) is 0 Å². The maximum absolute atomic E-state index is 13.8. The monoisotopic (exact) mass is 431 g/mol. The van der Waals surface area contributed by atoms with E-state index in [0.29, 0.717) is 27.6 Å². The van der Waals surface area contributed by atoms with Crippen molar-refractivity contribution in [2.24, 2.45) is 0 Å². The highest BCUT2D eigenvalue weighted by molar-refractivity contribution is 6.30. The number of amides is 2. The number of anilines is 2. The molecular weight excluding hydrogens is 410 g/mol. The SMILES string of the molecule is [C-]#[N+]c1cccc(C2(O)N(c3ccc(Cl)cc3)C(=O)N(c3ccc(C)cc3)C2(C)C)c1. The lowest BCUT2D eigenvalue weighted by Gasteiger charge is -2.43. The fourth-order valence-electron chi connectivity index (χ4n) is 4.20. The Morgan fingerprint density at radius 3 is 2.13 bits per heavy atom. The van der Waals surface area contributed by atoms with E-state index in [-0.39, 0.29) is 6.03 Å². The molecule has 1 unspecified atom stereocenters. The lowest BCUT2D eigenvalue weighted by atomic mass is 9.83. The van der Waals surface area contributed by atoms with Crippen molar-refractivity contribution in [2.75, 3.05) is 9.80 Å². The van der Waals surface area contributed by atoms with E-state index < -0.39 is 11.3 Å². The van der Waals surface area contributed by atoms with Gasteiger partial charge in [0.05, 0.1) is 12.1 Å². The molecule has 3 aromatic carbocycles. The number of urea groups is 1. The van der Waals surface area contributed by atoms with Gasteiger partial charge in [0.1, 0.15) is 0 Å². The molecule has 1 saturated heterocycles. The molecule has 3 aromatic rings. The van der Waals surface area contributed by atoms with Gasteiger partial charge in [-0.1, -0.05) is 47.5 Å². The lowest BCUT2D eigenvalue weighted by molar-refractivity contribution is -0.00241. The van der Waals surface area contributed by atoms with Crippen molar-refractivity contribution in [3.63, 3.8) is 0 Å². The summed E-state index contributed by atoms with van der Waals surface area (Å²) in [6.45, 7) is 13.0. The van der Waals surface area contributed by atoms with Crippen molar-refractivity contribution < 1.29 is 9.90 Å². The minimum absolute atomic E-state index is 0.369. The highest BCUT2D eigenvalue weighted by atomic mass is 35.5. The molecule has 1 fully saturated rings. The zero-order valence-electron chi connectivity index (χ0n) is 17.5. The third kappa shape index (κ3) is 3.16. The molecule has 156 valence electrons. The van der Waals surface area contributed by atoms with Gasteiger partial charge < -0.3 is 5.11 Å². The first kappa shape index (κ1) is 20.9. The summed E-state index contributed by atoms with van der Waals surface area (Å²) < 4.78 is 0. The fraction of sp³-hybridized carbons (Fsp3) is 0.200. The van der Waals surface area contributed by atoms with E-state index in [9.17, 15) is 9.90 Å². The van der Waals surface area contributed by atoms with Gasteiger partial charge in [-0.3, -0.25) is 9.80 Å². The molecule has 0 spiro atoms. The van der Waals surface area contributed by atoms with Gasteiger partial charge in [0, 0.05) is 16.4 Å². The van der Waals surface area contributed by atoms with Gasteiger partial charge in [-0.2, -0.15) is 0 Å². The van der Waals surface area contributed by atoms with Crippen LogP contribution in [-0.2, 0) is 5.72 Å². The van der Waals surface area contributed by atoms with Crippen LogP contribution >= 0.6 is 11.6 Å². The minimum atomic E-state index is -1.75. The number of halogens is 1. The van der Waals surface area contributed by atoms with Crippen molar-refractivity contribution in [2.45, 2.75) is 32.0 Å². The molecule has 0 saturated carbocycles. The lowest BCUT2D eigenvalue weighted by Crippen LogP contribution is -2.56. The van der Waals surface area contributed by atoms with Crippen LogP contribution in [0, 0.1) is 13.5 Å². The van der Waals surface area contributed by atoms with E-state index in [4.69, 9.17) is 18.2 Å². The quantitative estimate of drug-likeness (QED) is 0.497. The van der Waals surface area contributed by atoms with Gasteiger partial charge in [-0.05, 0) is 68.8 Å². The van der Waals surface area contributed by atoms with Crippen LogP contribution in [0.4, 0.5) is 21.9 Å². The Hall–Kier alpha value is -3.33. The van der Waals surface area contributed by atoms with Gasteiger partial charge in [-0.25, -0.2) is 9.64 Å². The van der Waals surface area contributed by atoms with E-state index in [2.05, 4.69) is 4.85 Å². The zero-order valence-corrected chi connectivity index (χ0v) is 18.3. The second-order valence-electron chi connectivity index (χ2n) is 8.16. The van der Waals surface area contributed by atoms with Gasteiger partial charge in [-0.15, -0.1) is 0 Å². The maximum Gasteiger partial charge on any atom is 0.332 e. The van der Waals surface area contributed by atoms with Crippen LogP contribution in [0.25, 0.3) is 4.85 Å². The molecule has 2 amide bonds. The number of nitrogens with zero attached hydrogens (tertiary/aromatic N) is 3. The van der Waals surface area contributed by atoms with Crippen LogP contribution in [0.5, 0.6) is 0 Å². The number of aryl methyl sites for hydroxylation is 1. The van der Waals surface area contributed by atoms with Crippen molar-refractivity contribution in [3.8, 4) is 0 Å². The standard InChI is InChI=1S/C25H22ClN3O2/c1-17-8-12-21(13-9-17)28-23(30)29(22-14-10-19(26)11-15-22)25(31,24(28,2)3)18-6-5-7-20(16-18)27-4/h5-16,31H,1-3H3. The Labute approximate surface area is 186 Å². The predicted molar refractivity (Wildman–Crippen MR) is 124 cm³/mol. The summed E-state index contributed by atoms with van der Waals surface area (Å²) in [5.74, 6) is 0. The molecule has 0 bridgehead atoms. The Kier molecular flexibility index (Phi) is 5.01. The van der Waals surface area contributed by atoms with E-state index in [1.54, 1.807) is 53.4 Å². The Balaban J connectivity index is 1.98. The van der Waals surface area contributed by atoms with Crippen LogP contribution in [-0.4, -0.2) is 16.7 Å². The van der Waals surface area contributed by atoms with Crippen LogP contribution in [0.3, 0.4) is 0 Å². The molecule has 31 heavy (non-hydrogen) atoms. The Morgan fingerprint density at radius 1 is 0.935 bits per heavy atom. The largest absolute Gasteiger partial charge is 0.365 e. The summed E-state index contributed by atoms with van der Waals surface area (Å²) in [6, 6.07) is 20.8. The fourth-order valence-corrected chi connectivity index (χ4v) is 4.32. The number of benzene rings is 3. The van der Waals surface area contributed by atoms with Crippen LogP contribution in [0.1, 0.15) is 25.0 Å². The second kappa shape index (κ2) is 7.42. The number of hydrogen-bond donors (Lipinski definition) is 1. The van der Waals surface area contributed by atoms with Gasteiger partial charge in [0.25, 0.3) is 0 Å². The molecule has 1 N–H and O–H groups in total. The molecule has 1 aliphatic rings. The average Bonchev–Trinajstić information content (AvgIpc) is 2.92. The van der Waals surface area contributed by atoms with Crippen LogP contribution in [0.15, 0.2) is 72.8 Å². The first-order valence-electron chi connectivity index (χ1n) is 9.87. The molecule has 0 radical (unpaired) electrons. The summed E-state index contributed by atoms with van der Waals surface area (Å²) in [7, 11) is 0. The second-order valence-corrected chi connectivity index (χ2v) is 8.60.